The molecule has 6 nitrogen and oxygen atoms in total. The Morgan fingerprint density at radius 2 is 2.04 bits per heavy atom. The van der Waals surface area contributed by atoms with Crippen molar-refractivity contribution in [3.63, 3.8) is 0 Å². The van der Waals surface area contributed by atoms with Crippen molar-refractivity contribution < 1.29 is 14.6 Å². The third-order valence-electron chi connectivity index (χ3n) is 3.48. The Balaban J connectivity index is 3.20. The van der Waals surface area contributed by atoms with Gasteiger partial charge in [-0.3, -0.25) is 9.79 Å². The van der Waals surface area contributed by atoms with Crippen LogP contribution in [0.4, 0.5) is 5.69 Å². The van der Waals surface area contributed by atoms with Gasteiger partial charge < -0.3 is 15.6 Å². The molecule has 0 saturated heterocycles. The number of carboxylic acid groups (broad SMARTS) is 1. The van der Waals surface area contributed by atoms with E-state index in [1.165, 1.54) is 0 Å². The minimum Gasteiger partial charge on any atom is -0.489 e. The van der Waals surface area contributed by atoms with Gasteiger partial charge in [0.1, 0.15) is 5.75 Å². The molecule has 0 aromatic heterocycles. The number of benzene rings is 1. The fourth-order valence-electron chi connectivity index (χ4n) is 2.10. The Hall–Kier alpha value is -2.02. The molecule has 0 aliphatic rings. The van der Waals surface area contributed by atoms with Crippen LogP contribution in [0.25, 0.3) is 0 Å². The number of rotatable bonds is 7. The highest BCUT2D eigenvalue weighted by Crippen LogP contribution is 2.26. The van der Waals surface area contributed by atoms with Crippen molar-refractivity contribution in [3.8, 4) is 5.75 Å². The second-order valence-corrected chi connectivity index (χ2v) is 6.86. The molecule has 0 radical (unpaired) electrons. The van der Waals surface area contributed by atoms with Crippen LogP contribution in [-0.2, 0) is 4.79 Å². The molecule has 0 heterocycles. The number of nitrogen functional groups attached to an aromatic ring is 1. The molecule has 25 heavy (non-hydrogen) atoms. The highest BCUT2D eigenvalue weighted by atomic mass is 32.2. The first-order valence-corrected chi connectivity index (χ1v) is 9.23. The van der Waals surface area contributed by atoms with Crippen molar-refractivity contribution >= 4 is 34.3 Å². The molecule has 138 valence electrons. The molecule has 0 fully saturated rings. The number of nitrogens with zero attached hydrogens (tertiary/aromatic N) is 2. The van der Waals surface area contributed by atoms with E-state index in [1.54, 1.807) is 7.05 Å². The maximum absolute atomic E-state index is 10.8. The third-order valence-corrected chi connectivity index (χ3v) is 4.40. The number of carbonyl (C=O) groups is 1. The van der Waals surface area contributed by atoms with Gasteiger partial charge in [-0.25, -0.2) is 4.99 Å². The zero-order valence-corrected chi connectivity index (χ0v) is 16.3. The summed E-state index contributed by atoms with van der Waals surface area (Å²) in [5, 5.41) is 9.29. The molecular weight excluding hydrogens is 338 g/mol. The number of anilines is 1. The van der Waals surface area contributed by atoms with Crippen molar-refractivity contribution in [2.45, 2.75) is 40.2 Å². The Morgan fingerprint density at radius 3 is 2.52 bits per heavy atom. The monoisotopic (exact) mass is 365 g/mol. The van der Waals surface area contributed by atoms with Gasteiger partial charge >= 0.3 is 5.97 Å². The summed E-state index contributed by atoms with van der Waals surface area (Å²) in [6, 6.07) is 5.61. The summed E-state index contributed by atoms with van der Waals surface area (Å²) in [6.45, 7) is 8.04. The highest BCUT2D eigenvalue weighted by Gasteiger charge is 2.15. The Labute approximate surface area is 153 Å². The molecule has 0 bridgehead atoms. The summed E-state index contributed by atoms with van der Waals surface area (Å²) in [5.74, 6) is -0.149. The van der Waals surface area contributed by atoms with Crippen LogP contribution in [0.2, 0.25) is 0 Å². The van der Waals surface area contributed by atoms with Gasteiger partial charge in [0.2, 0.25) is 0 Å². The molecule has 1 atom stereocenters. The molecule has 1 unspecified atom stereocenters. The van der Waals surface area contributed by atoms with Crippen LogP contribution >= 0.6 is 11.8 Å². The number of amidine groups is 1. The predicted octanol–water partition coefficient (Wildman–Crippen LogP) is 3.69. The number of hydrogen-bond acceptors (Lipinski definition) is 5. The van der Waals surface area contributed by atoms with E-state index >= 15 is 0 Å². The van der Waals surface area contributed by atoms with Crippen LogP contribution in [0.15, 0.2) is 28.2 Å². The molecule has 0 amide bonds. The molecule has 0 aliphatic heterocycles. The fourth-order valence-corrected chi connectivity index (χ4v) is 2.64. The summed E-state index contributed by atoms with van der Waals surface area (Å²) >= 11 is 1.10. The van der Waals surface area contributed by atoms with Crippen molar-refractivity contribution in [1.29, 1.82) is 0 Å². The van der Waals surface area contributed by atoms with Crippen LogP contribution in [0.5, 0.6) is 5.75 Å². The standard InChI is InChI=1S/C18H27N3O3S/c1-6-12(4)17(21-18(20-5)25-10-16(22)23)13-7-8-15(14(19)9-13)24-11(2)3/h7-9,11-12H,6,10,19H2,1-5H3,(H,22,23). The second-order valence-electron chi connectivity index (χ2n) is 5.91. The molecule has 0 spiro atoms. The Morgan fingerprint density at radius 1 is 1.36 bits per heavy atom. The summed E-state index contributed by atoms with van der Waals surface area (Å²) < 4.78 is 5.68. The normalized spacial score (nSPS) is 13.8. The largest absolute Gasteiger partial charge is 0.489 e. The van der Waals surface area contributed by atoms with E-state index in [-0.39, 0.29) is 17.8 Å². The average molecular weight is 365 g/mol. The highest BCUT2D eigenvalue weighted by molar-refractivity contribution is 8.14. The number of ether oxygens (including phenoxy) is 1. The summed E-state index contributed by atoms with van der Waals surface area (Å²) in [4.78, 5) is 19.5. The van der Waals surface area contributed by atoms with Crippen LogP contribution in [-0.4, -0.2) is 40.9 Å². The van der Waals surface area contributed by atoms with E-state index < -0.39 is 5.97 Å². The quantitative estimate of drug-likeness (QED) is 0.436. The lowest BCUT2D eigenvalue weighted by atomic mass is 9.95. The number of aliphatic imine (C=N–C) groups is 2. The van der Waals surface area contributed by atoms with Crippen LogP contribution < -0.4 is 10.5 Å². The third kappa shape index (κ3) is 6.78. The smallest absolute Gasteiger partial charge is 0.313 e. The first kappa shape index (κ1) is 21.0. The van der Waals surface area contributed by atoms with E-state index in [1.807, 2.05) is 32.0 Å². The van der Waals surface area contributed by atoms with E-state index in [9.17, 15) is 4.79 Å². The Kier molecular flexibility index (Phi) is 8.48. The van der Waals surface area contributed by atoms with Gasteiger partial charge in [0.15, 0.2) is 5.17 Å². The Bertz CT molecular complexity index is 657. The van der Waals surface area contributed by atoms with Crippen LogP contribution in [0.1, 0.15) is 39.7 Å². The number of carboxylic acids is 1. The van der Waals surface area contributed by atoms with Crippen LogP contribution in [0.3, 0.4) is 0 Å². The lowest BCUT2D eigenvalue weighted by Crippen LogP contribution is -2.15. The molecule has 1 aromatic carbocycles. The molecule has 1 rings (SSSR count). The van der Waals surface area contributed by atoms with Gasteiger partial charge in [0.05, 0.1) is 23.3 Å². The van der Waals surface area contributed by atoms with Gasteiger partial charge in [-0.05, 0) is 49.9 Å². The van der Waals surface area contributed by atoms with Gasteiger partial charge in [0, 0.05) is 7.05 Å². The number of thioether (sulfide) groups is 1. The van der Waals surface area contributed by atoms with E-state index in [2.05, 4.69) is 23.8 Å². The zero-order valence-electron chi connectivity index (χ0n) is 15.4. The molecule has 7 heteroatoms. The molecular formula is C18H27N3O3S. The number of aliphatic carboxylic acids is 1. The van der Waals surface area contributed by atoms with Crippen molar-refractivity contribution in [2.75, 3.05) is 18.5 Å². The van der Waals surface area contributed by atoms with Crippen molar-refractivity contribution in [3.05, 3.63) is 23.8 Å². The first-order valence-electron chi connectivity index (χ1n) is 8.24. The minimum atomic E-state index is -0.897. The van der Waals surface area contributed by atoms with E-state index in [0.717, 1.165) is 29.5 Å². The predicted molar refractivity (Wildman–Crippen MR) is 106 cm³/mol. The zero-order chi connectivity index (χ0) is 19.0. The number of hydrogen-bond donors (Lipinski definition) is 2. The van der Waals surface area contributed by atoms with E-state index in [4.69, 9.17) is 15.6 Å². The maximum Gasteiger partial charge on any atom is 0.313 e. The number of nitrogens with two attached hydrogens (primary N) is 1. The summed E-state index contributed by atoms with van der Waals surface area (Å²) in [6.07, 6.45) is 0.936. The van der Waals surface area contributed by atoms with E-state index in [0.29, 0.717) is 16.6 Å². The first-order chi connectivity index (χ1) is 11.8. The molecule has 1 aromatic rings. The van der Waals surface area contributed by atoms with Crippen molar-refractivity contribution in [1.82, 2.24) is 0 Å². The van der Waals surface area contributed by atoms with Gasteiger partial charge in [0.25, 0.3) is 0 Å². The molecule has 0 aliphatic carbocycles. The second kappa shape index (κ2) is 10.1. The molecule has 0 saturated carbocycles. The summed E-state index contributed by atoms with van der Waals surface area (Å²) in [7, 11) is 1.61. The van der Waals surface area contributed by atoms with Gasteiger partial charge in [-0.15, -0.1) is 0 Å². The minimum absolute atomic E-state index is 0.0436. The van der Waals surface area contributed by atoms with Crippen molar-refractivity contribution in [2.24, 2.45) is 15.9 Å². The van der Waals surface area contributed by atoms with Gasteiger partial charge in [-0.2, -0.15) is 0 Å². The average Bonchev–Trinajstić information content (AvgIpc) is 2.56. The summed E-state index contributed by atoms with van der Waals surface area (Å²) in [5.41, 5.74) is 8.39. The maximum atomic E-state index is 10.8. The van der Waals surface area contributed by atoms with Crippen LogP contribution in [0, 0.1) is 5.92 Å². The fraction of sp³-hybridized carbons (Fsp3) is 0.500. The SMILES string of the molecule is CCC(C)C(=NC(=NC)SCC(=O)O)c1ccc(OC(C)C)c(N)c1. The van der Waals surface area contributed by atoms with Gasteiger partial charge in [-0.1, -0.05) is 25.6 Å². The lowest BCUT2D eigenvalue weighted by Gasteiger charge is -2.17. The molecule has 3 N–H and O–H groups in total. The topological polar surface area (TPSA) is 97.3 Å². The lowest BCUT2D eigenvalue weighted by molar-refractivity contribution is -0.133.